The highest BCUT2D eigenvalue weighted by Crippen LogP contribution is 2.32. The third-order valence-corrected chi connectivity index (χ3v) is 5.10. The molecule has 1 aromatic carbocycles. The van der Waals surface area contributed by atoms with Crippen LogP contribution in [0.15, 0.2) is 18.2 Å². The molecule has 0 radical (unpaired) electrons. The van der Waals surface area contributed by atoms with Gasteiger partial charge >= 0.3 is 6.03 Å². The number of carbonyl (C=O) groups excluding carboxylic acids is 2. The molecule has 0 bridgehead atoms. The van der Waals surface area contributed by atoms with Crippen LogP contribution < -0.4 is 4.90 Å². The summed E-state index contributed by atoms with van der Waals surface area (Å²) in [6, 6.07) is 3.48. The van der Waals surface area contributed by atoms with E-state index < -0.39 is 22.9 Å². The maximum Gasteiger partial charge on any atom is 0.332 e. The van der Waals surface area contributed by atoms with E-state index in [0.29, 0.717) is 10.7 Å². The molecule has 2 aliphatic rings. The summed E-state index contributed by atoms with van der Waals surface area (Å²) in [5.41, 5.74) is 0.379. The molecule has 0 aromatic heterocycles. The molecule has 5 nitrogen and oxygen atoms in total. The zero-order chi connectivity index (χ0) is 13.7. The molecule has 3 amide bonds. The van der Waals surface area contributed by atoms with Gasteiger partial charge in [-0.25, -0.2) is 9.69 Å². The van der Waals surface area contributed by atoms with Crippen molar-refractivity contribution in [1.82, 2.24) is 4.90 Å². The molecular weight excluding hydrogens is 311 g/mol. The fraction of sp³-hybridized carbons (Fsp3) is 0.273. The Balaban J connectivity index is 1.98. The van der Waals surface area contributed by atoms with Crippen LogP contribution in [0.25, 0.3) is 0 Å². The van der Waals surface area contributed by atoms with Crippen molar-refractivity contribution in [2.45, 2.75) is 6.04 Å². The minimum Gasteiger partial charge on any atom is -0.299 e. The van der Waals surface area contributed by atoms with Gasteiger partial charge in [0.1, 0.15) is 6.04 Å². The zero-order valence-electron chi connectivity index (χ0n) is 9.51. The molecule has 3 rings (SSSR count). The Morgan fingerprint density at radius 1 is 1.21 bits per heavy atom. The second kappa shape index (κ2) is 4.47. The monoisotopic (exact) mass is 318 g/mol. The lowest BCUT2D eigenvalue weighted by molar-refractivity contribution is -0.118. The van der Waals surface area contributed by atoms with Crippen LogP contribution in [0.2, 0.25) is 10.0 Å². The molecule has 2 saturated heterocycles. The van der Waals surface area contributed by atoms with Crippen molar-refractivity contribution in [1.29, 1.82) is 0 Å². The average molecular weight is 319 g/mol. The Morgan fingerprint density at radius 3 is 2.58 bits per heavy atom. The van der Waals surface area contributed by atoms with E-state index in [-0.39, 0.29) is 22.6 Å². The number of nitrogens with zero attached hydrogens (tertiary/aromatic N) is 2. The number of rotatable bonds is 1. The number of fused-ring (bicyclic) bond motifs is 1. The van der Waals surface area contributed by atoms with Gasteiger partial charge in [0, 0.05) is 10.8 Å². The number of anilines is 1. The summed E-state index contributed by atoms with van der Waals surface area (Å²) >= 11 is 11.7. The maximum absolute atomic E-state index is 12.2. The molecule has 100 valence electrons. The van der Waals surface area contributed by atoms with Gasteiger partial charge in [-0.1, -0.05) is 23.2 Å². The lowest BCUT2D eigenvalue weighted by atomic mass is 10.2. The second-order valence-electron chi connectivity index (χ2n) is 4.28. The van der Waals surface area contributed by atoms with E-state index in [1.54, 1.807) is 6.07 Å². The molecule has 0 saturated carbocycles. The number of halogens is 2. The van der Waals surface area contributed by atoms with Crippen molar-refractivity contribution >= 4 is 51.6 Å². The van der Waals surface area contributed by atoms with Gasteiger partial charge in [0.15, 0.2) is 0 Å². The summed E-state index contributed by atoms with van der Waals surface area (Å²) in [5, 5.41) is 0.626. The standard InChI is InChI=1S/C11H8Cl2N2O3S/c12-7-2-1-6(3-8(7)13)15-10(16)9-4-19(18)5-14(9)11(15)17/h1-3,9H,4-5H2. The predicted molar refractivity (Wildman–Crippen MR) is 72.8 cm³/mol. The van der Waals surface area contributed by atoms with E-state index in [1.807, 2.05) is 0 Å². The Bertz CT molecular complexity index is 596. The molecule has 2 atom stereocenters. The van der Waals surface area contributed by atoms with E-state index in [9.17, 15) is 13.8 Å². The maximum atomic E-state index is 12.2. The lowest BCUT2D eigenvalue weighted by Crippen LogP contribution is -2.33. The molecule has 2 unspecified atom stereocenters. The fourth-order valence-electron chi connectivity index (χ4n) is 2.19. The first-order valence-corrected chi connectivity index (χ1v) is 7.68. The van der Waals surface area contributed by atoms with Gasteiger partial charge in [-0.05, 0) is 18.2 Å². The van der Waals surface area contributed by atoms with Crippen molar-refractivity contribution in [3.05, 3.63) is 28.2 Å². The molecule has 8 heteroatoms. The Kier molecular flexibility index (Phi) is 3.03. The summed E-state index contributed by atoms with van der Waals surface area (Å²) < 4.78 is 11.4. The summed E-state index contributed by atoms with van der Waals surface area (Å²) in [4.78, 5) is 26.7. The van der Waals surface area contributed by atoms with Crippen LogP contribution in [-0.2, 0) is 15.6 Å². The molecule has 1 aromatic rings. The number of benzene rings is 1. The molecule has 19 heavy (non-hydrogen) atoms. The highest BCUT2D eigenvalue weighted by molar-refractivity contribution is 7.85. The third-order valence-electron chi connectivity index (χ3n) is 3.11. The summed E-state index contributed by atoms with van der Waals surface area (Å²) in [7, 11) is -1.14. The fourth-order valence-corrected chi connectivity index (χ4v) is 3.86. The van der Waals surface area contributed by atoms with Crippen LogP contribution in [0.1, 0.15) is 0 Å². The van der Waals surface area contributed by atoms with Gasteiger partial charge in [0.05, 0.1) is 27.4 Å². The summed E-state index contributed by atoms with van der Waals surface area (Å²) in [6.07, 6.45) is 0. The molecule has 0 spiro atoms. The number of hydrogen-bond donors (Lipinski definition) is 0. The van der Waals surface area contributed by atoms with E-state index in [4.69, 9.17) is 23.2 Å². The number of carbonyl (C=O) groups is 2. The first kappa shape index (κ1) is 12.9. The van der Waals surface area contributed by atoms with Crippen molar-refractivity contribution in [2.24, 2.45) is 0 Å². The molecular formula is C11H8Cl2N2O3S. The number of imide groups is 1. The topological polar surface area (TPSA) is 57.7 Å². The van der Waals surface area contributed by atoms with Crippen molar-refractivity contribution in [2.75, 3.05) is 16.5 Å². The molecule has 2 fully saturated rings. The van der Waals surface area contributed by atoms with Gasteiger partial charge in [-0.2, -0.15) is 0 Å². The molecule has 0 N–H and O–H groups in total. The van der Waals surface area contributed by atoms with Gasteiger partial charge in [-0.3, -0.25) is 13.9 Å². The summed E-state index contributed by atoms with van der Waals surface area (Å²) in [6.45, 7) is 0. The SMILES string of the molecule is O=C1C2CS(=O)CN2C(=O)N1c1ccc(Cl)c(Cl)c1. The van der Waals surface area contributed by atoms with Gasteiger partial charge in [0.25, 0.3) is 5.91 Å². The largest absolute Gasteiger partial charge is 0.332 e. The van der Waals surface area contributed by atoms with Gasteiger partial charge in [0.2, 0.25) is 0 Å². The highest BCUT2D eigenvalue weighted by atomic mass is 35.5. The van der Waals surface area contributed by atoms with Crippen molar-refractivity contribution < 1.29 is 13.8 Å². The molecule has 2 aliphatic heterocycles. The van der Waals surface area contributed by atoms with E-state index >= 15 is 0 Å². The first-order chi connectivity index (χ1) is 8.99. The van der Waals surface area contributed by atoms with Gasteiger partial charge < -0.3 is 0 Å². The Labute approximate surface area is 121 Å². The Morgan fingerprint density at radius 2 is 1.95 bits per heavy atom. The first-order valence-electron chi connectivity index (χ1n) is 5.43. The van der Waals surface area contributed by atoms with Crippen molar-refractivity contribution in [3.63, 3.8) is 0 Å². The Hall–Kier alpha value is -1.11. The van der Waals surface area contributed by atoms with Crippen molar-refractivity contribution in [3.8, 4) is 0 Å². The van der Waals surface area contributed by atoms with E-state index in [2.05, 4.69) is 0 Å². The van der Waals surface area contributed by atoms with Crippen LogP contribution in [0, 0.1) is 0 Å². The number of hydrogen-bond acceptors (Lipinski definition) is 3. The quantitative estimate of drug-likeness (QED) is 0.742. The van der Waals surface area contributed by atoms with Crippen LogP contribution in [0.3, 0.4) is 0 Å². The smallest absolute Gasteiger partial charge is 0.299 e. The number of amides is 3. The highest BCUT2D eigenvalue weighted by Gasteiger charge is 2.50. The van der Waals surface area contributed by atoms with Crippen LogP contribution in [-0.4, -0.2) is 38.7 Å². The third kappa shape index (κ3) is 1.94. The van der Waals surface area contributed by atoms with Gasteiger partial charge in [-0.15, -0.1) is 0 Å². The minimum absolute atomic E-state index is 0.104. The zero-order valence-corrected chi connectivity index (χ0v) is 11.8. The number of urea groups is 1. The van der Waals surface area contributed by atoms with E-state index in [1.165, 1.54) is 17.0 Å². The van der Waals surface area contributed by atoms with Crippen LogP contribution >= 0.6 is 23.2 Å². The average Bonchev–Trinajstić information content (AvgIpc) is 2.84. The van der Waals surface area contributed by atoms with Crippen LogP contribution in [0.5, 0.6) is 0 Å². The normalized spacial score (nSPS) is 26.2. The summed E-state index contributed by atoms with van der Waals surface area (Å²) in [5.74, 6) is -0.0654. The second-order valence-corrected chi connectivity index (χ2v) is 6.56. The minimum atomic E-state index is -1.14. The predicted octanol–water partition coefficient (Wildman–Crippen LogP) is 1.85. The van der Waals surface area contributed by atoms with E-state index in [0.717, 1.165) is 4.90 Å². The van der Waals surface area contributed by atoms with Crippen LogP contribution in [0.4, 0.5) is 10.5 Å². The lowest BCUT2D eigenvalue weighted by Gasteiger charge is -2.15. The molecule has 2 heterocycles. The molecule has 0 aliphatic carbocycles.